The number of hydrogen-bond acceptors (Lipinski definition) is 2. The number of carbonyl (C=O) groups excluding carboxylic acids is 1. The smallest absolute Gasteiger partial charge is 0.166 e. The van der Waals surface area contributed by atoms with Crippen molar-refractivity contribution in [2.24, 2.45) is 17.8 Å². The molecular weight excluding hydrogens is 224 g/mol. The first-order valence-electron chi connectivity index (χ1n) is 7.08. The van der Waals surface area contributed by atoms with E-state index in [1.807, 2.05) is 24.3 Å². The fourth-order valence-corrected chi connectivity index (χ4v) is 3.34. The molecule has 3 rings (SSSR count). The van der Waals surface area contributed by atoms with Gasteiger partial charge in [-0.1, -0.05) is 13.3 Å². The summed E-state index contributed by atoms with van der Waals surface area (Å²) in [4.78, 5) is 12.3. The summed E-state index contributed by atoms with van der Waals surface area (Å²) in [6.07, 6.45) is 4.85. The van der Waals surface area contributed by atoms with Crippen LogP contribution in [0, 0.1) is 17.8 Å². The largest absolute Gasteiger partial charge is 0.494 e. The summed E-state index contributed by atoms with van der Waals surface area (Å²) < 4.78 is 5.53. The van der Waals surface area contributed by atoms with Crippen molar-refractivity contribution < 1.29 is 9.53 Å². The lowest BCUT2D eigenvalue weighted by atomic mass is 10.0. The topological polar surface area (TPSA) is 26.3 Å². The molecule has 0 radical (unpaired) electrons. The quantitative estimate of drug-likeness (QED) is 0.738. The number of Topliss-reactive ketones (excluding diaryl/α,β-unsaturated/α-hetero) is 1. The third kappa shape index (κ3) is 2.05. The van der Waals surface area contributed by atoms with Gasteiger partial charge in [0.15, 0.2) is 5.78 Å². The van der Waals surface area contributed by atoms with E-state index in [1.54, 1.807) is 0 Å². The SMILES string of the molecule is CCCOc1ccc(C(=O)C2C3CCCC32)cc1. The predicted molar refractivity (Wildman–Crippen MR) is 70.9 cm³/mol. The summed E-state index contributed by atoms with van der Waals surface area (Å²) in [7, 11) is 0. The van der Waals surface area contributed by atoms with E-state index in [-0.39, 0.29) is 0 Å². The molecule has 2 nitrogen and oxygen atoms in total. The zero-order valence-corrected chi connectivity index (χ0v) is 10.9. The molecule has 2 fully saturated rings. The van der Waals surface area contributed by atoms with Gasteiger partial charge in [-0.3, -0.25) is 4.79 Å². The average Bonchev–Trinajstić information content (AvgIpc) is 2.88. The van der Waals surface area contributed by atoms with E-state index in [9.17, 15) is 4.79 Å². The maximum Gasteiger partial charge on any atom is 0.166 e. The molecule has 2 atom stereocenters. The van der Waals surface area contributed by atoms with E-state index in [0.29, 0.717) is 23.5 Å². The Hall–Kier alpha value is -1.31. The van der Waals surface area contributed by atoms with Crippen molar-refractivity contribution in [3.63, 3.8) is 0 Å². The van der Waals surface area contributed by atoms with Crippen molar-refractivity contribution in [2.75, 3.05) is 6.61 Å². The molecule has 2 aliphatic rings. The lowest BCUT2D eigenvalue weighted by Crippen LogP contribution is -2.06. The highest BCUT2D eigenvalue weighted by molar-refractivity contribution is 6.00. The molecule has 0 spiro atoms. The second-order valence-corrected chi connectivity index (χ2v) is 5.52. The number of ether oxygens (including phenoxy) is 1. The van der Waals surface area contributed by atoms with Crippen molar-refractivity contribution in [3.05, 3.63) is 29.8 Å². The van der Waals surface area contributed by atoms with Crippen LogP contribution in [0.3, 0.4) is 0 Å². The van der Waals surface area contributed by atoms with Crippen LogP contribution < -0.4 is 4.74 Å². The molecule has 2 saturated carbocycles. The van der Waals surface area contributed by atoms with E-state index in [4.69, 9.17) is 4.74 Å². The second-order valence-electron chi connectivity index (χ2n) is 5.52. The Labute approximate surface area is 108 Å². The number of fused-ring (bicyclic) bond motifs is 1. The minimum atomic E-state index is 0.334. The second kappa shape index (κ2) is 4.75. The zero-order valence-electron chi connectivity index (χ0n) is 10.9. The van der Waals surface area contributed by atoms with Crippen LogP contribution in [-0.2, 0) is 0 Å². The van der Waals surface area contributed by atoms with Gasteiger partial charge in [-0.15, -0.1) is 0 Å². The molecule has 0 aromatic heterocycles. The number of rotatable bonds is 5. The van der Waals surface area contributed by atoms with Crippen LogP contribution in [0.4, 0.5) is 0 Å². The third-order valence-electron chi connectivity index (χ3n) is 4.32. The third-order valence-corrected chi connectivity index (χ3v) is 4.32. The van der Waals surface area contributed by atoms with Crippen molar-refractivity contribution in [1.82, 2.24) is 0 Å². The van der Waals surface area contributed by atoms with Crippen molar-refractivity contribution in [2.45, 2.75) is 32.6 Å². The van der Waals surface area contributed by atoms with Crippen molar-refractivity contribution in [1.29, 1.82) is 0 Å². The Morgan fingerprint density at radius 2 is 1.89 bits per heavy atom. The van der Waals surface area contributed by atoms with E-state index < -0.39 is 0 Å². The Kier molecular flexibility index (Phi) is 3.11. The van der Waals surface area contributed by atoms with Crippen LogP contribution >= 0.6 is 0 Å². The molecule has 0 N–H and O–H groups in total. The Bertz CT molecular complexity index is 425. The van der Waals surface area contributed by atoms with E-state index >= 15 is 0 Å². The van der Waals surface area contributed by atoms with Gasteiger partial charge in [0.25, 0.3) is 0 Å². The minimum absolute atomic E-state index is 0.334. The standard InChI is InChI=1S/C16H20O2/c1-2-10-18-12-8-6-11(7-9-12)16(17)15-13-4-3-5-14(13)15/h6-9,13-15H,2-5,10H2,1H3. The van der Waals surface area contributed by atoms with Gasteiger partial charge in [0.05, 0.1) is 6.61 Å². The molecule has 0 aliphatic heterocycles. The van der Waals surface area contributed by atoms with E-state index in [0.717, 1.165) is 24.3 Å². The van der Waals surface area contributed by atoms with E-state index in [2.05, 4.69) is 6.92 Å². The molecule has 2 unspecified atom stereocenters. The summed E-state index contributed by atoms with van der Waals surface area (Å²) in [5.41, 5.74) is 0.859. The number of ketones is 1. The van der Waals surface area contributed by atoms with Crippen molar-refractivity contribution in [3.8, 4) is 5.75 Å². The Balaban J connectivity index is 1.64. The van der Waals surface area contributed by atoms with Gasteiger partial charge in [-0.05, 0) is 55.4 Å². The van der Waals surface area contributed by atoms with Crippen LogP contribution in [-0.4, -0.2) is 12.4 Å². The highest BCUT2D eigenvalue weighted by atomic mass is 16.5. The highest BCUT2D eigenvalue weighted by Crippen LogP contribution is 2.58. The molecular formula is C16H20O2. The number of hydrogen-bond donors (Lipinski definition) is 0. The van der Waals surface area contributed by atoms with Gasteiger partial charge in [-0.25, -0.2) is 0 Å². The van der Waals surface area contributed by atoms with Crippen LogP contribution in [0.15, 0.2) is 24.3 Å². The highest BCUT2D eigenvalue weighted by Gasteiger charge is 2.56. The number of benzene rings is 1. The van der Waals surface area contributed by atoms with Crippen LogP contribution in [0.25, 0.3) is 0 Å². The molecule has 96 valence electrons. The summed E-state index contributed by atoms with van der Waals surface area (Å²) in [6, 6.07) is 7.67. The van der Waals surface area contributed by atoms with Gasteiger partial charge >= 0.3 is 0 Å². The molecule has 0 amide bonds. The van der Waals surface area contributed by atoms with Gasteiger partial charge in [0.2, 0.25) is 0 Å². The molecule has 0 bridgehead atoms. The molecule has 0 saturated heterocycles. The lowest BCUT2D eigenvalue weighted by Gasteiger charge is -2.06. The summed E-state index contributed by atoms with van der Waals surface area (Å²) >= 11 is 0. The molecule has 1 aromatic rings. The van der Waals surface area contributed by atoms with Gasteiger partial charge in [-0.2, -0.15) is 0 Å². The molecule has 18 heavy (non-hydrogen) atoms. The monoisotopic (exact) mass is 244 g/mol. The summed E-state index contributed by atoms with van der Waals surface area (Å²) in [5.74, 6) is 2.96. The molecule has 2 aliphatic carbocycles. The van der Waals surface area contributed by atoms with Gasteiger partial charge < -0.3 is 4.74 Å². The molecule has 1 aromatic carbocycles. The average molecular weight is 244 g/mol. The maximum atomic E-state index is 12.3. The van der Waals surface area contributed by atoms with Gasteiger partial charge in [0.1, 0.15) is 5.75 Å². The minimum Gasteiger partial charge on any atom is -0.494 e. The van der Waals surface area contributed by atoms with Crippen LogP contribution in [0.2, 0.25) is 0 Å². The Morgan fingerprint density at radius 1 is 1.22 bits per heavy atom. The van der Waals surface area contributed by atoms with Crippen LogP contribution in [0.5, 0.6) is 5.75 Å². The molecule has 0 heterocycles. The summed E-state index contributed by atoms with van der Waals surface area (Å²) in [6.45, 7) is 2.82. The normalized spacial score (nSPS) is 28.8. The lowest BCUT2D eigenvalue weighted by molar-refractivity contribution is 0.0951. The Morgan fingerprint density at radius 3 is 2.50 bits per heavy atom. The predicted octanol–water partition coefficient (Wildman–Crippen LogP) is 3.70. The van der Waals surface area contributed by atoms with Crippen molar-refractivity contribution >= 4 is 5.78 Å². The first-order chi connectivity index (χ1) is 8.81. The number of carbonyl (C=O) groups is 1. The van der Waals surface area contributed by atoms with E-state index in [1.165, 1.54) is 19.3 Å². The first kappa shape index (κ1) is 11.8. The zero-order chi connectivity index (χ0) is 12.5. The summed E-state index contributed by atoms with van der Waals surface area (Å²) in [5, 5.41) is 0. The fourth-order valence-electron chi connectivity index (χ4n) is 3.34. The maximum absolute atomic E-state index is 12.3. The first-order valence-corrected chi connectivity index (χ1v) is 7.08. The van der Waals surface area contributed by atoms with Crippen LogP contribution in [0.1, 0.15) is 43.0 Å². The fraction of sp³-hybridized carbons (Fsp3) is 0.562. The van der Waals surface area contributed by atoms with Gasteiger partial charge in [0, 0.05) is 11.5 Å². The molecule has 2 heteroatoms.